The maximum absolute atomic E-state index is 12.2. The van der Waals surface area contributed by atoms with Gasteiger partial charge in [0.1, 0.15) is 11.9 Å². The number of carbonyl (C=O) groups is 1. The summed E-state index contributed by atoms with van der Waals surface area (Å²) in [6.07, 6.45) is 4.78. The van der Waals surface area contributed by atoms with Crippen molar-refractivity contribution in [3.05, 3.63) is 58.5 Å². The van der Waals surface area contributed by atoms with E-state index in [-0.39, 0.29) is 5.91 Å². The molecule has 0 aromatic carbocycles. The number of pyridine rings is 2. The molecule has 21 heavy (non-hydrogen) atoms. The van der Waals surface area contributed by atoms with Crippen LogP contribution in [0.25, 0.3) is 5.52 Å². The van der Waals surface area contributed by atoms with E-state index < -0.39 is 0 Å². The number of nitrogens with one attached hydrogen (secondary N) is 1. The SMILES string of the molecule is N#Cc1ccc(NC(=O)c2ccn3ncc(Br)c3c2)nc1. The first-order chi connectivity index (χ1) is 10.2. The van der Waals surface area contributed by atoms with Crippen LogP contribution in [0.15, 0.2) is 47.3 Å². The van der Waals surface area contributed by atoms with Crippen molar-refractivity contribution >= 4 is 33.2 Å². The molecule has 1 amide bonds. The van der Waals surface area contributed by atoms with Gasteiger partial charge in [0, 0.05) is 18.0 Å². The molecule has 7 heteroatoms. The van der Waals surface area contributed by atoms with Gasteiger partial charge in [0.15, 0.2) is 0 Å². The molecule has 0 aliphatic carbocycles. The minimum absolute atomic E-state index is 0.275. The molecule has 0 aliphatic rings. The first-order valence-electron chi connectivity index (χ1n) is 5.98. The zero-order chi connectivity index (χ0) is 14.8. The number of anilines is 1. The van der Waals surface area contributed by atoms with Gasteiger partial charge in [-0.1, -0.05) is 0 Å². The van der Waals surface area contributed by atoms with Gasteiger partial charge in [0.05, 0.1) is 21.7 Å². The van der Waals surface area contributed by atoms with Crippen molar-refractivity contribution in [3.63, 3.8) is 0 Å². The van der Waals surface area contributed by atoms with E-state index in [0.717, 1.165) is 9.99 Å². The maximum Gasteiger partial charge on any atom is 0.256 e. The van der Waals surface area contributed by atoms with Gasteiger partial charge in [-0.15, -0.1) is 0 Å². The molecule has 0 bridgehead atoms. The largest absolute Gasteiger partial charge is 0.307 e. The molecule has 0 saturated heterocycles. The van der Waals surface area contributed by atoms with Gasteiger partial charge in [-0.3, -0.25) is 4.79 Å². The summed E-state index contributed by atoms with van der Waals surface area (Å²) in [5.74, 6) is 0.120. The second-order valence-corrected chi connectivity index (χ2v) is 5.09. The Morgan fingerprint density at radius 3 is 2.90 bits per heavy atom. The second kappa shape index (κ2) is 5.34. The molecule has 0 saturated carbocycles. The molecular formula is C14H8BrN5O. The van der Waals surface area contributed by atoms with Crippen molar-refractivity contribution in [3.8, 4) is 6.07 Å². The van der Waals surface area contributed by atoms with E-state index in [9.17, 15) is 4.79 Å². The molecule has 0 unspecified atom stereocenters. The zero-order valence-electron chi connectivity index (χ0n) is 10.6. The Kier molecular flexibility index (Phi) is 3.38. The minimum Gasteiger partial charge on any atom is -0.307 e. The number of fused-ring (bicyclic) bond motifs is 1. The standard InChI is InChI=1S/C14H8BrN5O/c15-11-8-18-20-4-3-10(5-12(11)20)14(21)19-13-2-1-9(6-16)7-17-13/h1-5,7-8H,(H,17,19,21). The van der Waals surface area contributed by atoms with Crippen molar-refractivity contribution in [1.82, 2.24) is 14.6 Å². The highest BCUT2D eigenvalue weighted by atomic mass is 79.9. The molecule has 0 spiro atoms. The quantitative estimate of drug-likeness (QED) is 0.776. The zero-order valence-corrected chi connectivity index (χ0v) is 12.2. The average molecular weight is 342 g/mol. The van der Waals surface area contributed by atoms with Crippen molar-refractivity contribution in [2.45, 2.75) is 0 Å². The van der Waals surface area contributed by atoms with E-state index >= 15 is 0 Å². The third-order valence-corrected chi connectivity index (χ3v) is 3.48. The lowest BCUT2D eigenvalue weighted by atomic mass is 10.2. The van der Waals surface area contributed by atoms with Crippen LogP contribution in [0.1, 0.15) is 15.9 Å². The van der Waals surface area contributed by atoms with Gasteiger partial charge in [0.25, 0.3) is 5.91 Å². The monoisotopic (exact) mass is 341 g/mol. The highest BCUT2D eigenvalue weighted by molar-refractivity contribution is 9.10. The molecule has 102 valence electrons. The Morgan fingerprint density at radius 2 is 2.19 bits per heavy atom. The summed E-state index contributed by atoms with van der Waals surface area (Å²) in [6, 6.07) is 8.56. The van der Waals surface area contributed by atoms with Crippen LogP contribution in [0.4, 0.5) is 5.82 Å². The van der Waals surface area contributed by atoms with Gasteiger partial charge < -0.3 is 5.32 Å². The number of hydrogen-bond donors (Lipinski definition) is 1. The number of amides is 1. The van der Waals surface area contributed by atoms with Gasteiger partial charge >= 0.3 is 0 Å². The fourth-order valence-electron chi connectivity index (χ4n) is 1.81. The number of carbonyl (C=O) groups excluding carboxylic acids is 1. The maximum atomic E-state index is 12.2. The summed E-state index contributed by atoms with van der Waals surface area (Å²) in [6.45, 7) is 0. The second-order valence-electron chi connectivity index (χ2n) is 4.24. The van der Waals surface area contributed by atoms with Crippen LogP contribution in [0.5, 0.6) is 0 Å². The van der Waals surface area contributed by atoms with Crippen LogP contribution >= 0.6 is 15.9 Å². The van der Waals surface area contributed by atoms with Gasteiger partial charge in [-0.25, -0.2) is 9.50 Å². The predicted octanol–water partition coefficient (Wildman–Crippen LogP) is 2.62. The van der Waals surface area contributed by atoms with Crippen LogP contribution in [0.2, 0.25) is 0 Å². The summed E-state index contributed by atoms with van der Waals surface area (Å²) in [5, 5.41) is 15.5. The normalized spacial score (nSPS) is 10.3. The molecule has 1 N–H and O–H groups in total. The third-order valence-electron chi connectivity index (χ3n) is 2.87. The highest BCUT2D eigenvalue weighted by Gasteiger charge is 2.09. The Balaban J connectivity index is 1.85. The molecule has 0 aliphatic heterocycles. The van der Waals surface area contributed by atoms with Gasteiger partial charge in [0.2, 0.25) is 0 Å². The summed E-state index contributed by atoms with van der Waals surface area (Å²) >= 11 is 3.37. The van der Waals surface area contributed by atoms with E-state index in [1.165, 1.54) is 6.20 Å². The molecule has 3 rings (SSSR count). The van der Waals surface area contributed by atoms with E-state index in [0.29, 0.717) is 16.9 Å². The number of hydrogen-bond acceptors (Lipinski definition) is 4. The van der Waals surface area contributed by atoms with Crippen molar-refractivity contribution in [2.24, 2.45) is 0 Å². The van der Waals surface area contributed by atoms with E-state index in [4.69, 9.17) is 5.26 Å². The Bertz CT molecular complexity index is 863. The predicted molar refractivity (Wildman–Crippen MR) is 79.8 cm³/mol. The first kappa shape index (κ1) is 13.3. The molecular weight excluding hydrogens is 334 g/mol. The van der Waals surface area contributed by atoms with Crippen molar-refractivity contribution in [2.75, 3.05) is 5.32 Å². The van der Waals surface area contributed by atoms with E-state index in [1.54, 1.807) is 41.2 Å². The van der Waals surface area contributed by atoms with Gasteiger partial charge in [-0.05, 0) is 40.2 Å². The van der Waals surface area contributed by atoms with Gasteiger partial charge in [-0.2, -0.15) is 10.4 Å². The first-order valence-corrected chi connectivity index (χ1v) is 6.77. The lowest BCUT2D eigenvalue weighted by Gasteiger charge is -2.05. The summed E-state index contributed by atoms with van der Waals surface area (Å²) in [7, 11) is 0. The smallest absolute Gasteiger partial charge is 0.256 e. The molecule has 0 fully saturated rings. The Labute approximate surface area is 128 Å². The lowest BCUT2D eigenvalue weighted by Crippen LogP contribution is -2.13. The van der Waals surface area contributed by atoms with Crippen LogP contribution in [-0.2, 0) is 0 Å². The number of nitrogens with zero attached hydrogens (tertiary/aromatic N) is 4. The molecule has 3 aromatic heterocycles. The van der Waals surface area contributed by atoms with E-state index in [1.807, 2.05) is 6.07 Å². The van der Waals surface area contributed by atoms with Crippen LogP contribution in [0, 0.1) is 11.3 Å². The molecule has 3 aromatic rings. The van der Waals surface area contributed by atoms with Crippen LogP contribution in [0.3, 0.4) is 0 Å². The highest BCUT2D eigenvalue weighted by Crippen LogP contribution is 2.18. The number of rotatable bonds is 2. The summed E-state index contributed by atoms with van der Waals surface area (Å²) in [5.41, 5.74) is 1.74. The van der Waals surface area contributed by atoms with E-state index in [2.05, 4.69) is 31.3 Å². The Hall–Kier alpha value is -2.72. The average Bonchev–Trinajstić information content (AvgIpc) is 2.89. The number of halogens is 1. The molecule has 0 radical (unpaired) electrons. The summed E-state index contributed by atoms with van der Waals surface area (Å²) in [4.78, 5) is 16.2. The third kappa shape index (κ3) is 2.61. The molecule has 3 heterocycles. The minimum atomic E-state index is -0.275. The number of nitriles is 1. The topological polar surface area (TPSA) is 83.1 Å². The van der Waals surface area contributed by atoms with Crippen LogP contribution < -0.4 is 5.32 Å². The fraction of sp³-hybridized carbons (Fsp3) is 0. The van der Waals surface area contributed by atoms with Crippen molar-refractivity contribution < 1.29 is 4.79 Å². The van der Waals surface area contributed by atoms with Crippen LogP contribution in [-0.4, -0.2) is 20.5 Å². The van der Waals surface area contributed by atoms with Crippen molar-refractivity contribution in [1.29, 1.82) is 5.26 Å². The summed E-state index contributed by atoms with van der Waals surface area (Å²) < 4.78 is 2.48. The molecule has 6 nitrogen and oxygen atoms in total. The molecule has 0 atom stereocenters. The lowest BCUT2D eigenvalue weighted by molar-refractivity contribution is 0.102. The fourth-order valence-corrected chi connectivity index (χ4v) is 2.20. The number of aromatic nitrogens is 3. The Morgan fingerprint density at radius 1 is 1.33 bits per heavy atom.